The van der Waals surface area contributed by atoms with Gasteiger partial charge in [-0.2, -0.15) is 0 Å². The van der Waals surface area contributed by atoms with Gasteiger partial charge in [-0.15, -0.1) is 16.4 Å². The molecule has 0 spiro atoms. The van der Waals surface area contributed by atoms with Gasteiger partial charge in [0.2, 0.25) is 5.82 Å². The molecule has 2 heterocycles. The number of nitrogens with zero attached hydrogens (tertiary/aromatic N) is 3. The van der Waals surface area contributed by atoms with Crippen LogP contribution in [0, 0.1) is 0 Å². The van der Waals surface area contributed by atoms with Crippen LogP contribution in [-0.2, 0) is 5.41 Å². The Balaban J connectivity index is 2.10. The molecule has 0 aliphatic carbocycles. The molecule has 1 amide bonds. The number of H-pyrrole nitrogens is 1. The number of hydrogen-bond donors (Lipinski definition) is 2. The van der Waals surface area contributed by atoms with Crippen molar-refractivity contribution in [3.8, 4) is 0 Å². The fraction of sp³-hybridized carbons (Fsp3) is 0.538. The molecule has 0 aliphatic heterocycles. The van der Waals surface area contributed by atoms with Gasteiger partial charge in [-0.05, 0) is 6.42 Å². The van der Waals surface area contributed by atoms with E-state index in [1.54, 1.807) is 6.20 Å². The molecule has 1 unspecified atom stereocenters. The van der Waals surface area contributed by atoms with Gasteiger partial charge < -0.3 is 5.32 Å². The standard InChI is InChI=1S/C13H19N5OS/c1-5-8(11-14-6-7-20-11)15-10(19)9-16-12(18-17-9)13(2,3)4/h6-8H,5H2,1-4H3,(H,15,19)(H,16,17,18). The second-order valence-electron chi connectivity index (χ2n) is 5.56. The predicted molar refractivity (Wildman–Crippen MR) is 77.7 cm³/mol. The van der Waals surface area contributed by atoms with Crippen LogP contribution in [0.3, 0.4) is 0 Å². The lowest BCUT2D eigenvalue weighted by molar-refractivity contribution is 0.0925. The zero-order valence-electron chi connectivity index (χ0n) is 12.1. The van der Waals surface area contributed by atoms with Crippen LogP contribution in [-0.4, -0.2) is 26.1 Å². The molecule has 2 aromatic heterocycles. The third-order valence-corrected chi connectivity index (χ3v) is 3.75. The van der Waals surface area contributed by atoms with Gasteiger partial charge in [0, 0.05) is 17.0 Å². The Morgan fingerprint density at radius 1 is 1.50 bits per heavy atom. The molecule has 20 heavy (non-hydrogen) atoms. The highest BCUT2D eigenvalue weighted by molar-refractivity contribution is 7.09. The highest BCUT2D eigenvalue weighted by atomic mass is 32.1. The summed E-state index contributed by atoms with van der Waals surface area (Å²) in [5.74, 6) is 0.591. The van der Waals surface area contributed by atoms with Crippen LogP contribution in [0.5, 0.6) is 0 Å². The van der Waals surface area contributed by atoms with Crippen molar-refractivity contribution in [2.45, 2.75) is 45.6 Å². The van der Waals surface area contributed by atoms with Crippen molar-refractivity contribution in [2.75, 3.05) is 0 Å². The van der Waals surface area contributed by atoms with Gasteiger partial charge >= 0.3 is 0 Å². The summed E-state index contributed by atoms with van der Waals surface area (Å²) in [6, 6.07) is -0.0981. The molecule has 0 aliphatic rings. The molecule has 2 N–H and O–H groups in total. The zero-order chi connectivity index (χ0) is 14.8. The Bertz CT molecular complexity index is 570. The molecule has 0 fully saturated rings. The van der Waals surface area contributed by atoms with Gasteiger partial charge in [0.15, 0.2) is 0 Å². The van der Waals surface area contributed by atoms with Crippen molar-refractivity contribution in [2.24, 2.45) is 0 Å². The number of hydrogen-bond acceptors (Lipinski definition) is 5. The summed E-state index contributed by atoms with van der Waals surface area (Å²) in [6.07, 6.45) is 2.51. The van der Waals surface area contributed by atoms with Gasteiger partial charge in [-0.3, -0.25) is 9.89 Å². The van der Waals surface area contributed by atoms with Crippen molar-refractivity contribution in [3.63, 3.8) is 0 Å². The first kappa shape index (κ1) is 14.6. The summed E-state index contributed by atoms with van der Waals surface area (Å²) >= 11 is 1.53. The molecular weight excluding hydrogens is 274 g/mol. The minimum absolute atomic E-state index is 0.0981. The molecule has 0 radical (unpaired) electrons. The Kier molecular flexibility index (Phi) is 4.17. The van der Waals surface area contributed by atoms with Crippen molar-refractivity contribution < 1.29 is 4.79 Å². The van der Waals surface area contributed by atoms with Crippen LogP contribution in [0.15, 0.2) is 11.6 Å². The maximum Gasteiger partial charge on any atom is 0.291 e. The van der Waals surface area contributed by atoms with Crippen LogP contribution < -0.4 is 5.32 Å². The largest absolute Gasteiger partial charge is 0.340 e. The summed E-state index contributed by atoms with van der Waals surface area (Å²) in [7, 11) is 0. The van der Waals surface area contributed by atoms with E-state index in [0.717, 1.165) is 11.4 Å². The minimum atomic E-state index is -0.279. The van der Waals surface area contributed by atoms with Crippen LogP contribution in [0.2, 0.25) is 0 Å². The molecule has 1 atom stereocenters. The molecule has 0 saturated carbocycles. The summed E-state index contributed by atoms with van der Waals surface area (Å²) in [5.41, 5.74) is -0.162. The first-order chi connectivity index (χ1) is 9.41. The van der Waals surface area contributed by atoms with Gasteiger partial charge in [0.05, 0.1) is 6.04 Å². The average Bonchev–Trinajstić information content (AvgIpc) is 3.04. The molecule has 2 aromatic rings. The number of rotatable bonds is 4. The lowest BCUT2D eigenvalue weighted by Gasteiger charge is -2.13. The van der Waals surface area contributed by atoms with E-state index in [-0.39, 0.29) is 23.2 Å². The zero-order valence-corrected chi connectivity index (χ0v) is 12.9. The summed E-state index contributed by atoms with van der Waals surface area (Å²) in [5, 5.41) is 12.5. The molecular formula is C13H19N5OS. The van der Waals surface area contributed by atoms with E-state index in [2.05, 4.69) is 25.5 Å². The van der Waals surface area contributed by atoms with Crippen molar-refractivity contribution in [1.82, 2.24) is 25.5 Å². The third kappa shape index (κ3) is 3.22. The number of amides is 1. The molecule has 6 nitrogen and oxygen atoms in total. The smallest absolute Gasteiger partial charge is 0.291 e. The van der Waals surface area contributed by atoms with E-state index in [1.165, 1.54) is 11.3 Å². The van der Waals surface area contributed by atoms with Crippen molar-refractivity contribution in [3.05, 3.63) is 28.2 Å². The maximum absolute atomic E-state index is 12.2. The SMILES string of the molecule is CCC(NC(=O)c1n[nH]c(C(C)(C)C)n1)c1nccs1. The topological polar surface area (TPSA) is 83.6 Å². The van der Waals surface area contributed by atoms with Gasteiger partial charge in [-0.25, -0.2) is 9.97 Å². The highest BCUT2D eigenvalue weighted by Gasteiger charge is 2.23. The fourth-order valence-corrected chi connectivity index (χ4v) is 2.44. The van der Waals surface area contributed by atoms with Crippen molar-refractivity contribution in [1.29, 1.82) is 0 Å². The normalized spacial score (nSPS) is 13.2. The fourth-order valence-electron chi connectivity index (χ4n) is 1.67. The number of carbonyl (C=O) groups is 1. The maximum atomic E-state index is 12.2. The van der Waals surface area contributed by atoms with Crippen LogP contribution >= 0.6 is 11.3 Å². The van der Waals surface area contributed by atoms with Gasteiger partial charge in [-0.1, -0.05) is 27.7 Å². The number of thiazole rings is 1. The Labute approximate surface area is 122 Å². The molecule has 0 saturated heterocycles. The van der Waals surface area contributed by atoms with E-state index in [1.807, 2.05) is 33.1 Å². The summed E-state index contributed by atoms with van der Waals surface area (Å²) in [4.78, 5) is 20.7. The number of aromatic nitrogens is 4. The van der Waals surface area contributed by atoms with E-state index in [0.29, 0.717) is 5.82 Å². The Morgan fingerprint density at radius 3 is 2.75 bits per heavy atom. The Hall–Kier alpha value is -1.76. The number of carbonyl (C=O) groups excluding carboxylic acids is 1. The van der Waals surface area contributed by atoms with Crippen molar-refractivity contribution >= 4 is 17.2 Å². The first-order valence-corrected chi connectivity index (χ1v) is 7.43. The summed E-state index contributed by atoms with van der Waals surface area (Å²) in [6.45, 7) is 8.05. The number of aromatic amines is 1. The minimum Gasteiger partial charge on any atom is -0.340 e. The van der Waals surface area contributed by atoms with E-state index >= 15 is 0 Å². The van der Waals surface area contributed by atoms with Gasteiger partial charge in [0.1, 0.15) is 10.8 Å². The van der Waals surface area contributed by atoms with E-state index < -0.39 is 0 Å². The van der Waals surface area contributed by atoms with E-state index in [4.69, 9.17) is 0 Å². The lowest BCUT2D eigenvalue weighted by Crippen LogP contribution is -2.29. The first-order valence-electron chi connectivity index (χ1n) is 6.55. The molecule has 0 aromatic carbocycles. The molecule has 7 heteroatoms. The second kappa shape index (κ2) is 5.70. The Morgan fingerprint density at radius 2 is 2.25 bits per heavy atom. The highest BCUT2D eigenvalue weighted by Crippen LogP contribution is 2.20. The third-order valence-electron chi connectivity index (χ3n) is 2.86. The quantitative estimate of drug-likeness (QED) is 0.907. The number of nitrogens with one attached hydrogen (secondary N) is 2. The van der Waals surface area contributed by atoms with E-state index in [9.17, 15) is 4.79 Å². The second-order valence-corrected chi connectivity index (χ2v) is 6.49. The summed E-state index contributed by atoms with van der Waals surface area (Å²) < 4.78 is 0. The monoisotopic (exact) mass is 293 g/mol. The van der Waals surface area contributed by atoms with Gasteiger partial charge in [0.25, 0.3) is 5.91 Å². The van der Waals surface area contributed by atoms with Crippen LogP contribution in [0.1, 0.15) is 61.6 Å². The average molecular weight is 293 g/mol. The molecule has 2 rings (SSSR count). The lowest BCUT2D eigenvalue weighted by atomic mass is 9.96. The predicted octanol–water partition coefficient (Wildman–Crippen LogP) is 2.44. The molecule has 108 valence electrons. The van der Waals surface area contributed by atoms with Crippen LogP contribution in [0.25, 0.3) is 0 Å². The molecule has 0 bridgehead atoms. The van der Waals surface area contributed by atoms with Crippen LogP contribution in [0.4, 0.5) is 0 Å².